The Hall–Kier alpha value is -2.97. The van der Waals surface area contributed by atoms with Gasteiger partial charge in [0, 0.05) is 7.05 Å². The van der Waals surface area contributed by atoms with Crippen LogP contribution in [0.3, 0.4) is 0 Å². The van der Waals surface area contributed by atoms with Crippen LogP contribution in [0, 0.1) is 0 Å². The van der Waals surface area contributed by atoms with Crippen LogP contribution in [0.4, 0.5) is 0 Å². The molecule has 0 aliphatic heterocycles. The predicted molar refractivity (Wildman–Crippen MR) is 112 cm³/mol. The number of rotatable bonds is 4. The molecule has 0 unspecified atom stereocenters. The van der Waals surface area contributed by atoms with Gasteiger partial charge in [-0.25, -0.2) is 4.98 Å². The normalized spacial score (nSPS) is 11.0. The molecule has 2 aromatic heterocycles. The summed E-state index contributed by atoms with van der Waals surface area (Å²) in [4.78, 5) is 41.8. The highest BCUT2D eigenvalue weighted by Crippen LogP contribution is 2.22. The number of aromatic nitrogens is 2. The van der Waals surface area contributed by atoms with Crippen LogP contribution in [-0.4, -0.2) is 27.1 Å². The summed E-state index contributed by atoms with van der Waals surface area (Å²) in [7, 11) is 1.63. The van der Waals surface area contributed by atoms with Crippen LogP contribution in [0.25, 0.3) is 21.7 Å². The van der Waals surface area contributed by atoms with E-state index in [0.29, 0.717) is 20.9 Å². The van der Waals surface area contributed by atoms with Gasteiger partial charge in [0.1, 0.15) is 0 Å². The average molecular weight is 409 g/mol. The van der Waals surface area contributed by atoms with Crippen molar-refractivity contribution in [2.75, 3.05) is 5.75 Å². The summed E-state index contributed by atoms with van der Waals surface area (Å²) >= 11 is 2.39. The van der Waals surface area contributed by atoms with Crippen molar-refractivity contribution in [3.05, 3.63) is 69.1 Å². The van der Waals surface area contributed by atoms with Crippen molar-refractivity contribution in [3.63, 3.8) is 0 Å². The predicted octanol–water partition coefficient (Wildman–Crippen LogP) is 3.20. The Morgan fingerprint density at radius 2 is 1.89 bits per heavy atom. The summed E-state index contributed by atoms with van der Waals surface area (Å²) in [6.07, 6.45) is 0. The second kappa shape index (κ2) is 7.57. The van der Waals surface area contributed by atoms with Gasteiger partial charge in [-0.1, -0.05) is 42.1 Å². The Kier molecular flexibility index (Phi) is 4.97. The SMILES string of the molecule is Cn1c(SCC(=O)NC(=O)c2cccs2)nc2cc3ccccc3cc2c1=O. The van der Waals surface area contributed by atoms with E-state index < -0.39 is 11.8 Å². The van der Waals surface area contributed by atoms with E-state index in [-0.39, 0.29) is 11.3 Å². The molecule has 0 aliphatic carbocycles. The zero-order valence-corrected chi connectivity index (χ0v) is 16.5. The standard InChI is InChI=1S/C20H15N3O3S2/c1-23-19(26)14-9-12-5-2-3-6-13(12)10-15(14)21-20(23)28-11-17(24)22-18(25)16-7-4-8-27-16/h2-10H,11H2,1H3,(H,22,24,25). The first-order valence-corrected chi connectivity index (χ1v) is 10.3. The van der Waals surface area contributed by atoms with E-state index in [0.717, 1.165) is 22.5 Å². The van der Waals surface area contributed by atoms with E-state index >= 15 is 0 Å². The Morgan fingerprint density at radius 3 is 2.61 bits per heavy atom. The zero-order chi connectivity index (χ0) is 19.7. The van der Waals surface area contributed by atoms with Gasteiger partial charge in [-0.3, -0.25) is 24.3 Å². The van der Waals surface area contributed by atoms with E-state index in [9.17, 15) is 14.4 Å². The molecule has 1 N–H and O–H groups in total. The van der Waals surface area contributed by atoms with Gasteiger partial charge in [-0.2, -0.15) is 0 Å². The summed E-state index contributed by atoms with van der Waals surface area (Å²) in [5.41, 5.74) is 0.410. The molecule has 2 aromatic carbocycles. The van der Waals surface area contributed by atoms with Gasteiger partial charge in [0.05, 0.1) is 21.5 Å². The minimum absolute atomic E-state index is 0.0174. The first kappa shape index (κ1) is 18.4. The zero-order valence-electron chi connectivity index (χ0n) is 14.8. The van der Waals surface area contributed by atoms with Crippen molar-refractivity contribution in [1.82, 2.24) is 14.9 Å². The van der Waals surface area contributed by atoms with Gasteiger partial charge in [-0.05, 0) is 34.4 Å². The maximum atomic E-state index is 12.7. The number of carbonyl (C=O) groups excluding carboxylic acids is 2. The molecule has 28 heavy (non-hydrogen) atoms. The highest BCUT2D eigenvalue weighted by atomic mass is 32.2. The summed E-state index contributed by atoms with van der Waals surface area (Å²) in [5, 5.41) is 7.03. The molecule has 0 saturated carbocycles. The molecule has 0 aliphatic rings. The molecule has 2 heterocycles. The van der Waals surface area contributed by atoms with Gasteiger partial charge < -0.3 is 0 Å². The lowest BCUT2D eigenvalue weighted by molar-refractivity contribution is -0.117. The third kappa shape index (κ3) is 3.56. The molecule has 0 saturated heterocycles. The number of fused-ring (bicyclic) bond motifs is 2. The van der Waals surface area contributed by atoms with Crippen molar-refractivity contribution >= 4 is 56.6 Å². The van der Waals surface area contributed by atoms with Gasteiger partial charge in [0.15, 0.2) is 5.16 Å². The van der Waals surface area contributed by atoms with Crippen molar-refractivity contribution in [2.24, 2.45) is 7.05 Å². The summed E-state index contributed by atoms with van der Waals surface area (Å²) < 4.78 is 1.43. The number of thioether (sulfide) groups is 1. The van der Waals surface area contributed by atoms with Crippen LogP contribution in [0.1, 0.15) is 9.67 Å². The van der Waals surface area contributed by atoms with Crippen LogP contribution in [-0.2, 0) is 11.8 Å². The highest BCUT2D eigenvalue weighted by molar-refractivity contribution is 7.99. The first-order chi connectivity index (χ1) is 13.5. The van der Waals surface area contributed by atoms with Crippen LogP contribution in [0.15, 0.2) is 63.9 Å². The maximum absolute atomic E-state index is 12.7. The Morgan fingerprint density at radius 1 is 1.14 bits per heavy atom. The van der Waals surface area contributed by atoms with Gasteiger partial charge >= 0.3 is 0 Å². The molecule has 140 valence electrons. The average Bonchev–Trinajstić information content (AvgIpc) is 3.23. The number of benzene rings is 2. The molecular weight excluding hydrogens is 394 g/mol. The quantitative estimate of drug-likeness (QED) is 0.318. The van der Waals surface area contributed by atoms with E-state index in [1.54, 1.807) is 24.6 Å². The first-order valence-electron chi connectivity index (χ1n) is 8.43. The minimum Gasteiger partial charge on any atom is -0.291 e. The number of amides is 2. The monoisotopic (exact) mass is 409 g/mol. The number of carbonyl (C=O) groups is 2. The topological polar surface area (TPSA) is 81.1 Å². The van der Waals surface area contributed by atoms with E-state index in [4.69, 9.17) is 0 Å². The van der Waals surface area contributed by atoms with Crippen molar-refractivity contribution in [3.8, 4) is 0 Å². The number of hydrogen-bond donors (Lipinski definition) is 1. The fourth-order valence-corrected chi connectivity index (χ4v) is 4.22. The number of nitrogens with one attached hydrogen (secondary N) is 1. The molecule has 0 radical (unpaired) electrons. The minimum atomic E-state index is -0.434. The van der Waals surface area contributed by atoms with Crippen molar-refractivity contribution < 1.29 is 9.59 Å². The van der Waals surface area contributed by atoms with Crippen LogP contribution < -0.4 is 10.9 Å². The lowest BCUT2D eigenvalue weighted by Gasteiger charge is -2.09. The summed E-state index contributed by atoms with van der Waals surface area (Å²) in [6, 6.07) is 14.9. The van der Waals surface area contributed by atoms with Gasteiger partial charge in [0.25, 0.3) is 11.5 Å². The molecule has 2 amide bonds. The molecule has 4 aromatic rings. The largest absolute Gasteiger partial charge is 0.291 e. The van der Waals surface area contributed by atoms with E-state index in [2.05, 4.69) is 10.3 Å². The number of hydrogen-bond acceptors (Lipinski definition) is 6. The van der Waals surface area contributed by atoms with Gasteiger partial charge in [-0.15, -0.1) is 11.3 Å². The number of thiophene rings is 1. The molecule has 0 bridgehead atoms. The second-order valence-electron chi connectivity index (χ2n) is 6.12. The summed E-state index contributed by atoms with van der Waals surface area (Å²) in [6.45, 7) is 0. The number of nitrogens with zero attached hydrogens (tertiary/aromatic N) is 2. The lowest BCUT2D eigenvalue weighted by Crippen LogP contribution is -2.31. The molecule has 0 fully saturated rings. The molecule has 8 heteroatoms. The fraction of sp³-hybridized carbons (Fsp3) is 0.100. The Bertz CT molecular complexity index is 1260. The van der Waals surface area contributed by atoms with Crippen molar-refractivity contribution in [1.29, 1.82) is 0 Å². The molecular formula is C20H15N3O3S2. The van der Waals surface area contributed by atoms with Gasteiger partial charge in [0.2, 0.25) is 5.91 Å². The van der Waals surface area contributed by atoms with E-state index in [1.165, 1.54) is 15.9 Å². The smallest absolute Gasteiger partial charge is 0.267 e. The fourth-order valence-electron chi connectivity index (χ4n) is 2.83. The molecule has 0 spiro atoms. The number of imide groups is 1. The van der Waals surface area contributed by atoms with E-state index in [1.807, 2.05) is 36.4 Å². The third-order valence-electron chi connectivity index (χ3n) is 4.23. The third-order valence-corrected chi connectivity index (χ3v) is 6.13. The van der Waals surface area contributed by atoms with Crippen LogP contribution in [0.2, 0.25) is 0 Å². The highest BCUT2D eigenvalue weighted by Gasteiger charge is 2.14. The van der Waals surface area contributed by atoms with Crippen LogP contribution >= 0.6 is 23.1 Å². The Balaban J connectivity index is 1.57. The maximum Gasteiger partial charge on any atom is 0.267 e. The Labute approximate surface area is 168 Å². The molecule has 6 nitrogen and oxygen atoms in total. The molecule has 4 rings (SSSR count). The second-order valence-corrected chi connectivity index (χ2v) is 8.01. The van der Waals surface area contributed by atoms with Crippen molar-refractivity contribution in [2.45, 2.75) is 5.16 Å². The van der Waals surface area contributed by atoms with Crippen LogP contribution in [0.5, 0.6) is 0 Å². The lowest BCUT2D eigenvalue weighted by atomic mass is 10.1. The summed E-state index contributed by atoms with van der Waals surface area (Å²) in [5.74, 6) is -0.875. The molecule has 0 atom stereocenters.